The first-order valence-corrected chi connectivity index (χ1v) is 9.94. The lowest BCUT2D eigenvalue weighted by atomic mass is 10.1. The number of piperazine rings is 1. The zero-order valence-corrected chi connectivity index (χ0v) is 16.5. The van der Waals surface area contributed by atoms with Crippen molar-refractivity contribution in [3.8, 4) is 16.9 Å². The summed E-state index contributed by atoms with van der Waals surface area (Å²) in [4.78, 5) is 29.8. The summed E-state index contributed by atoms with van der Waals surface area (Å²) in [6.45, 7) is 2.90. The lowest BCUT2D eigenvalue weighted by molar-refractivity contribution is 0.0736. The maximum Gasteiger partial charge on any atom is 0.258 e. The largest absolute Gasteiger partial charge is 0.336 e. The van der Waals surface area contributed by atoms with Crippen molar-refractivity contribution in [2.45, 2.75) is 0 Å². The number of benzene rings is 2. The quantitative estimate of drug-likeness (QED) is 0.530. The van der Waals surface area contributed by atoms with Gasteiger partial charge in [-0.05, 0) is 42.5 Å². The van der Waals surface area contributed by atoms with Crippen LogP contribution in [0.5, 0.6) is 0 Å². The minimum absolute atomic E-state index is 0.0308. The molecule has 0 unspecified atom stereocenters. The molecule has 0 atom stereocenters. The van der Waals surface area contributed by atoms with Crippen LogP contribution in [0, 0.1) is 5.82 Å². The number of aromatic nitrogens is 4. The van der Waals surface area contributed by atoms with Gasteiger partial charge in [-0.2, -0.15) is 0 Å². The van der Waals surface area contributed by atoms with Gasteiger partial charge < -0.3 is 15.2 Å². The van der Waals surface area contributed by atoms with Gasteiger partial charge in [-0.3, -0.25) is 9.59 Å². The van der Waals surface area contributed by atoms with Gasteiger partial charge in [0.1, 0.15) is 11.5 Å². The van der Waals surface area contributed by atoms with Crippen LogP contribution < -0.4 is 10.9 Å². The van der Waals surface area contributed by atoms with Crippen LogP contribution in [-0.2, 0) is 0 Å². The minimum atomic E-state index is -0.389. The summed E-state index contributed by atoms with van der Waals surface area (Å²) in [5.41, 5.74) is 2.07. The molecule has 156 valence electrons. The molecular formula is C22H19FN6O2. The summed E-state index contributed by atoms with van der Waals surface area (Å²) in [6.07, 6.45) is 1.62. The van der Waals surface area contributed by atoms with E-state index in [-0.39, 0.29) is 22.8 Å². The Kier molecular flexibility index (Phi) is 4.79. The van der Waals surface area contributed by atoms with Gasteiger partial charge >= 0.3 is 0 Å². The number of H-pyrrole nitrogens is 1. The monoisotopic (exact) mass is 418 g/mol. The van der Waals surface area contributed by atoms with Gasteiger partial charge in [0.15, 0.2) is 0 Å². The third-order valence-corrected chi connectivity index (χ3v) is 5.34. The number of amides is 1. The Bertz CT molecular complexity index is 1340. The highest BCUT2D eigenvalue weighted by molar-refractivity contribution is 5.94. The molecule has 0 saturated carbocycles. The molecule has 1 aliphatic heterocycles. The molecule has 2 aromatic carbocycles. The van der Waals surface area contributed by atoms with E-state index < -0.39 is 0 Å². The predicted octanol–water partition coefficient (Wildman–Crippen LogP) is 1.96. The number of carbonyl (C=O) groups is 1. The molecule has 5 rings (SSSR count). The van der Waals surface area contributed by atoms with Crippen molar-refractivity contribution in [2.24, 2.45) is 0 Å². The molecule has 1 aliphatic rings. The van der Waals surface area contributed by atoms with E-state index in [9.17, 15) is 14.0 Å². The standard InChI is InChI=1S/C22H19FN6O2/c23-16-4-5-19-15(10-16)12-18(21(30)25-19)20-13-29(27-26-20)17-3-1-2-14(11-17)22(31)28-8-6-24-7-9-28/h1-5,10-13,24H,6-9H2,(H,25,30). The van der Waals surface area contributed by atoms with E-state index >= 15 is 0 Å². The second-order valence-corrected chi connectivity index (χ2v) is 7.38. The molecule has 1 amide bonds. The number of hydrogen-bond donors (Lipinski definition) is 2. The van der Waals surface area contributed by atoms with Crippen molar-refractivity contribution in [1.82, 2.24) is 30.2 Å². The Labute approximate surface area is 176 Å². The van der Waals surface area contributed by atoms with Crippen LogP contribution >= 0.6 is 0 Å². The van der Waals surface area contributed by atoms with Gasteiger partial charge in [0.25, 0.3) is 11.5 Å². The van der Waals surface area contributed by atoms with Crippen LogP contribution in [-0.4, -0.2) is 57.0 Å². The second kappa shape index (κ2) is 7.77. The molecule has 1 saturated heterocycles. The number of hydrogen-bond acceptors (Lipinski definition) is 5. The van der Waals surface area contributed by atoms with E-state index in [1.165, 1.54) is 22.9 Å². The molecule has 2 N–H and O–H groups in total. The fraction of sp³-hybridized carbons (Fsp3) is 0.182. The van der Waals surface area contributed by atoms with Crippen molar-refractivity contribution in [3.05, 3.63) is 76.5 Å². The Morgan fingerprint density at radius 1 is 1.06 bits per heavy atom. The first-order chi connectivity index (χ1) is 15.1. The summed E-state index contributed by atoms with van der Waals surface area (Å²) >= 11 is 0. The van der Waals surface area contributed by atoms with Gasteiger partial charge in [-0.1, -0.05) is 11.3 Å². The van der Waals surface area contributed by atoms with Crippen molar-refractivity contribution in [2.75, 3.05) is 26.2 Å². The molecule has 9 heteroatoms. The number of nitrogens with one attached hydrogen (secondary N) is 2. The Hall–Kier alpha value is -3.85. The summed E-state index contributed by atoms with van der Waals surface area (Å²) in [5, 5.41) is 12.0. The van der Waals surface area contributed by atoms with Gasteiger partial charge in [-0.25, -0.2) is 9.07 Å². The van der Waals surface area contributed by atoms with Crippen molar-refractivity contribution >= 4 is 16.8 Å². The highest BCUT2D eigenvalue weighted by Gasteiger charge is 2.18. The maximum absolute atomic E-state index is 13.6. The molecule has 4 aromatic rings. The molecule has 0 spiro atoms. The number of carbonyl (C=O) groups excluding carboxylic acids is 1. The van der Waals surface area contributed by atoms with E-state index in [2.05, 4.69) is 20.6 Å². The number of pyridine rings is 1. The normalized spacial score (nSPS) is 14.2. The average molecular weight is 418 g/mol. The number of rotatable bonds is 3. The van der Waals surface area contributed by atoms with E-state index in [0.717, 1.165) is 13.1 Å². The van der Waals surface area contributed by atoms with Gasteiger partial charge in [0.05, 0.1) is 17.4 Å². The molecule has 0 aliphatic carbocycles. The lowest BCUT2D eigenvalue weighted by Gasteiger charge is -2.27. The van der Waals surface area contributed by atoms with Crippen LogP contribution in [0.4, 0.5) is 4.39 Å². The SMILES string of the molecule is O=C(c1cccc(-n2cc(-c3cc4cc(F)ccc4[nH]c3=O)nn2)c1)N1CCNCC1. The van der Waals surface area contributed by atoms with E-state index in [1.54, 1.807) is 30.5 Å². The van der Waals surface area contributed by atoms with E-state index in [0.29, 0.717) is 40.9 Å². The summed E-state index contributed by atoms with van der Waals surface area (Å²) in [5.74, 6) is -0.420. The first-order valence-electron chi connectivity index (χ1n) is 9.94. The maximum atomic E-state index is 13.6. The van der Waals surface area contributed by atoms with Crippen LogP contribution in [0.1, 0.15) is 10.4 Å². The van der Waals surface area contributed by atoms with Crippen LogP contribution in [0.3, 0.4) is 0 Å². The van der Waals surface area contributed by atoms with Gasteiger partial charge in [0, 0.05) is 42.6 Å². The Balaban J connectivity index is 1.47. The zero-order valence-electron chi connectivity index (χ0n) is 16.5. The highest BCUT2D eigenvalue weighted by Crippen LogP contribution is 2.20. The fourth-order valence-corrected chi connectivity index (χ4v) is 3.71. The average Bonchev–Trinajstić information content (AvgIpc) is 3.29. The summed E-state index contributed by atoms with van der Waals surface area (Å²) < 4.78 is 15.1. The molecule has 0 radical (unpaired) electrons. The Morgan fingerprint density at radius 2 is 1.90 bits per heavy atom. The van der Waals surface area contributed by atoms with Crippen molar-refractivity contribution in [3.63, 3.8) is 0 Å². The van der Waals surface area contributed by atoms with Crippen molar-refractivity contribution < 1.29 is 9.18 Å². The minimum Gasteiger partial charge on any atom is -0.336 e. The Morgan fingerprint density at radius 3 is 2.74 bits per heavy atom. The fourth-order valence-electron chi connectivity index (χ4n) is 3.71. The molecule has 8 nitrogen and oxygen atoms in total. The number of nitrogens with zero attached hydrogens (tertiary/aromatic N) is 4. The summed E-state index contributed by atoms with van der Waals surface area (Å²) in [7, 11) is 0. The number of aromatic amines is 1. The lowest BCUT2D eigenvalue weighted by Crippen LogP contribution is -2.46. The van der Waals surface area contributed by atoms with Gasteiger partial charge in [-0.15, -0.1) is 5.10 Å². The first kappa shape index (κ1) is 19.1. The zero-order chi connectivity index (χ0) is 21.4. The predicted molar refractivity (Wildman–Crippen MR) is 114 cm³/mol. The van der Waals surface area contributed by atoms with Crippen LogP contribution in [0.25, 0.3) is 27.8 Å². The smallest absolute Gasteiger partial charge is 0.258 e. The molecule has 0 bridgehead atoms. The number of halogens is 1. The van der Waals surface area contributed by atoms with E-state index in [4.69, 9.17) is 0 Å². The molecule has 31 heavy (non-hydrogen) atoms. The number of fused-ring (bicyclic) bond motifs is 1. The summed E-state index contributed by atoms with van der Waals surface area (Å²) in [6, 6.07) is 12.9. The molecule has 1 fully saturated rings. The third kappa shape index (κ3) is 3.71. The molecule has 3 heterocycles. The topological polar surface area (TPSA) is 95.9 Å². The third-order valence-electron chi connectivity index (χ3n) is 5.34. The van der Waals surface area contributed by atoms with Crippen LogP contribution in [0.15, 0.2) is 59.5 Å². The van der Waals surface area contributed by atoms with Crippen molar-refractivity contribution in [1.29, 1.82) is 0 Å². The molecular weight excluding hydrogens is 399 g/mol. The highest BCUT2D eigenvalue weighted by atomic mass is 19.1. The van der Waals surface area contributed by atoms with Gasteiger partial charge in [0.2, 0.25) is 0 Å². The van der Waals surface area contributed by atoms with Crippen LogP contribution in [0.2, 0.25) is 0 Å². The second-order valence-electron chi connectivity index (χ2n) is 7.38. The molecule has 2 aromatic heterocycles. The van der Waals surface area contributed by atoms with E-state index in [1.807, 2.05) is 11.0 Å².